The van der Waals surface area contributed by atoms with E-state index in [1.165, 1.54) is 33.8 Å². The van der Waals surface area contributed by atoms with E-state index >= 15 is 0 Å². The van der Waals surface area contributed by atoms with Crippen molar-refractivity contribution < 1.29 is 14.4 Å². The van der Waals surface area contributed by atoms with Gasteiger partial charge in [-0.25, -0.2) is 0 Å². The third kappa shape index (κ3) is 2.91. The van der Waals surface area contributed by atoms with Crippen LogP contribution in [0, 0.1) is 17.0 Å². The number of hydrogen-bond acceptors (Lipinski definition) is 5. The fourth-order valence-corrected chi connectivity index (χ4v) is 5.67. The second kappa shape index (κ2) is 6.99. The van der Waals surface area contributed by atoms with Crippen LogP contribution in [-0.4, -0.2) is 27.7 Å². The van der Waals surface area contributed by atoms with Gasteiger partial charge in [0.15, 0.2) is 11.5 Å². The van der Waals surface area contributed by atoms with Crippen LogP contribution >= 0.6 is 0 Å². The molecule has 31 heavy (non-hydrogen) atoms. The first-order valence-corrected chi connectivity index (χ1v) is 11.0. The topological polar surface area (TPSA) is 69.8 Å². The Balaban J connectivity index is 1.43. The van der Waals surface area contributed by atoms with Crippen LogP contribution in [0.2, 0.25) is 0 Å². The first-order chi connectivity index (χ1) is 15.1. The Kier molecular flexibility index (Phi) is 4.21. The molecule has 7 heteroatoms. The summed E-state index contributed by atoms with van der Waals surface area (Å²) in [5, 5.41) is 13.2. The summed E-state index contributed by atoms with van der Waals surface area (Å²) in [5.41, 5.74) is 6.33. The minimum atomic E-state index is -0.304. The normalized spacial score (nSPS) is 20.0. The number of nitro groups is 1. The second-order valence-electron chi connectivity index (χ2n) is 8.86. The number of rotatable bonds is 3. The zero-order valence-corrected chi connectivity index (χ0v) is 17.6. The largest absolute Gasteiger partial charge is 0.454 e. The monoisotopic (exact) mass is 419 g/mol. The zero-order chi connectivity index (χ0) is 21.1. The maximum atomic E-state index is 11.8. The van der Waals surface area contributed by atoms with Gasteiger partial charge in [-0.2, -0.15) is 0 Å². The van der Waals surface area contributed by atoms with E-state index in [1.54, 1.807) is 6.07 Å². The molecule has 3 aliphatic rings. The lowest BCUT2D eigenvalue weighted by atomic mass is 9.90. The van der Waals surface area contributed by atoms with Gasteiger partial charge in [-0.05, 0) is 56.4 Å². The number of nitro benzene ring substituents is 1. The molecule has 0 N–H and O–H groups in total. The van der Waals surface area contributed by atoms with E-state index in [2.05, 4.69) is 34.6 Å². The predicted molar refractivity (Wildman–Crippen MR) is 117 cm³/mol. The second-order valence-corrected chi connectivity index (χ2v) is 8.86. The van der Waals surface area contributed by atoms with Crippen LogP contribution in [0.15, 0.2) is 30.3 Å². The van der Waals surface area contributed by atoms with Crippen LogP contribution in [-0.2, 0) is 19.5 Å². The summed E-state index contributed by atoms with van der Waals surface area (Å²) in [6.07, 6.45) is 4.36. The van der Waals surface area contributed by atoms with Crippen molar-refractivity contribution in [3.63, 3.8) is 0 Å². The van der Waals surface area contributed by atoms with Gasteiger partial charge in [0.05, 0.1) is 17.0 Å². The lowest BCUT2D eigenvalue weighted by Gasteiger charge is -2.33. The van der Waals surface area contributed by atoms with Crippen LogP contribution in [0.1, 0.15) is 47.7 Å². The summed E-state index contributed by atoms with van der Waals surface area (Å²) in [7, 11) is 0. The van der Waals surface area contributed by atoms with Gasteiger partial charge in [0.25, 0.3) is 5.69 Å². The smallest absolute Gasteiger partial charge is 0.277 e. The molecule has 7 nitrogen and oxygen atoms in total. The van der Waals surface area contributed by atoms with E-state index in [9.17, 15) is 10.1 Å². The first kappa shape index (κ1) is 18.7. The molecule has 3 heterocycles. The molecular weight excluding hydrogens is 394 g/mol. The van der Waals surface area contributed by atoms with E-state index in [4.69, 9.17) is 9.47 Å². The number of ether oxygens (including phenoxy) is 2. The molecule has 0 spiro atoms. The van der Waals surface area contributed by atoms with Crippen molar-refractivity contribution in [1.29, 1.82) is 0 Å². The van der Waals surface area contributed by atoms with Crippen molar-refractivity contribution in [2.75, 3.05) is 13.3 Å². The first-order valence-electron chi connectivity index (χ1n) is 11.0. The quantitative estimate of drug-likeness (QED) is 0.447. The highest BCUT2D eigenvalue weighted by Gasteiger charge is 2.35. The number of hydrogen-bond donors (Lipinski definition) is 0. The van der Waals surface area contributed by atoms with Crippen LogP contribution < -0.4 is 9.47 Å². The average molecular weight is 419 g/mol. The molecule has 0 saturated carbocycles. The molecule has 160 valence electrons. The van der Waals surface area contributed by atoms with Gasteiger partial charge in [-0.3, -0.25) is 15.0 Å². The highest BCUT2D eigenvalue weighted by Crippen LogP contribution is 2.44. The molecule has 1 aromatic heterocycles. The summed E-state index contributed by atoms with van der Waals surface area (Å²) < 4.78 is 13.4. The SMILES string of the molecule is Cc1ccc2c(c1)c1c3n2CCCN(Cc2cc4c(cc2[N+](=O)[O-])OCO4)[C@H]3CCC1. The number of aryl methyl sites for hydroxylation is 3. The van der Waals surface area contributed by atoms with Crippen molar-refractivity contribution in [2.45, 2.75) is 51.7 Å². The summed E-state index contributed by atoms with van der Waals surface area (Å²) >= 11 is 0. The van der Waals surface area contributed by atoms with Gasteiger partial charge < -0.3 is 14.0 Å². The molecule has 1 atom stereocenters. The van der Waals surface area contributed by atoms with E-state index in [0.717, 1.165) is 38.8 Å². The highest BCUT2D eigenvalue weighted by molar-refractivity contribution is 5.87. The Morgan fingerprint density at radius 1 is 1.13 bits per heavy atom. The van der Waals surface area contributed by atoms with Gasteiger partial charge >= 0.3 is 0 Å². The van der Waals surface area contributed by atoms with E-state index in [-0.39, 0.29) is 23.4 Å². The number of fused-ring (bicyclic) bond motifs is 4. The molecule has 0 radical (unpaired) electrons. The molecule has 0 fully saturated rings. The van der Waals surface area contributed by atoms with Gasteiger partial charge in [0.2, 0.25) is 6.79 Å². The molecule has 0 unspecified atom stereocenters. The summed E-state index contributed by atoms with van der Waals surface area (Å²) in [4.78, 5) is 13.9. The van der Waals surface area contributed by atoms with Crippen LogP contribution in [0.25, 0.3) is 10.9 Å². The Hall–Kier alpha value is -3.06. The highest BCUT2D eigenvalue weighted by atomic mass is 16.7. The van der Waals surface area contributed by atoms with Crippen molar-refractivity contribution >= 4 is 16.6 Å². The lowest BCUT2D eigenvalue weighted by Crippen LogP contribution is -2.31. The van der Waals surface area contributed by atoms with Gasteiger partial charge in [-0.1, -0.05) is 11.6 Å². The Bertz CT molecular complexity index is 1210. The van der Waals surface area contributed by atoms with Gasteiger partial charge in [0, 0.05) is 41.8 Å². The van der Waals surface area contributed by atoms with E-state index in [0.29, 0.717) is 23.6 Å². The number of nitrogens with zero attached hydrogens (tertiary/aromatic N) is 3. The average Bonchev–Trinajstić information content (AvgIpc) is 3.28. The molecule has 0 bridgehead atoms. The molecule has 1 aliphatic carbocycles. The molecular formula is C24H25N3O4. The summed E-state index contributed by atoms with van der Waals surface area (Å²) in [5.74, 6) is 1.06. The Morgan fingerprint density at radius 2 is 1.97 bits per heavy atom. The molecule has 0 amide bonds. The third-order valence-corrected chi connectivity index (χ3v) is 7.00. The molecule has 2 aromatic carbocycles. The standard InChI is InChI=1S/C24H25N3O4/c1-15-6-7-19-18(10-15)17-4-2-5-20-24(17)26(19)9-3-8-25(20)13-16-11-22-23(31-14-30-22)12-21(16)27(28)29/h6-7,10-12,20H,2-5,8-9,13-14H2,1H3/t20-/m0/s1. The van der Waals surface area contributed by atoms with Gasteiger partial charge in [0.1, 0.15) is 0 Å². The van der Waals surface area contributed by atoms with Crippen molar-refractivity contribution in [1.82, 2.24) is 9.47 Å². The minimum Gasteiger partial charge on any atom is -0.454 e. The maximum absolute atomic E-state index is 11.8. The molecule has 6 rings (SSSR count). The fraction of sp³-hybridized carbons (Fsp3) is 0.417. The molecule has 0 saturated heterocycles. The van der Waals surface area contributed by atoms with Crippen molar-refractivity contribution in [3.05, 3.63) is 62.8 Å². The Morgan fingerprint density at radius 3 is 2.81 bits per heavy atom. The van der Waals surface area contributed by atoms with Crippen molar-refractivity contribution in [2.24, 2.45) is 0 Å². The molecule has 2 aliphatic heterocycles. The van der Waals surface area contributed by atoms with Gasteiger partial charge in [-0.15, -0.1) is 0 Å². The van der Waals surface area contributed by atoms with Crippen molar-refractivity contribution in [3.8, 4) is 11.5 Å². The third-order valence-electron chi connectivity index (χ3n) is 7.00. The number of benzene rings is 2. The zero-order valence-electron chi connectivity index (χ0n) is 17.6. The van der Waals surface area contributed by atoms with E-state index in [1.807, 2.05) is 0 Å². The lowest BCUT2D eigenvalue weighted by molar-refractivity contribution is -0.385. The Labute approximate surface area is 180 Å². The van der Waals surface area contributed by atoms with Crippen LogP contribution in [0.5, 0.6) is 11.5 Å². The number of aromatic nitrogens is 1. The minimum absolute atomic E-state index is 0.112. The summed E-state index contributed by atoms with van der Waals surface area (Å²) in [6, 6.07) is 10.4. The predicted octanol–water partition coefficient (Wildman–Crippen LogP) is 4.87. The van der Waals surface area contributed by atoms with Crippen LogP contribution in [0.4, 0.5) is 5.69 Å². The van der Waals surface area contributed by atoms with Crippen LogP contribution in [0.3, 0.4) is 0 Å². The maximum Gasteiger partial charge on any atom is 0.277 e. The summed E-state index contributed by atoms with van der Waals surface area (Å²) in [6.45, 7) is 4.72. The molecule has 3 aromatic rings. The fourth-order valence-electron chi connectivity index (χ4n) is 5.67. The van der Waals surface area contributed by atoms with E-state index < -0.39 is 0 Å².